The van der Waals surface area contributed by atoms with E-state index in [1.807, 2.05) is 24.3 Å². The van der Waals surface area contributed by atoms with Gasteiger partial charge in [0.2, 0.25) is 0 Å². The molecule has 1 aliphatic heterocycles. The zero-order valence-corrected chi connectivity index (χ0v) is 16.4. The fraction of sp³-hybridized carbons (Fsp3) is 0.647. The molecular weight excluding hydrogens is 427 g/mol. The molecule has 7 heteroatoms. The molecule has 1 fully saturated rings. The second-order valence-electron chi connectivity index (χ2n) is 5.48. The van der Waals surface area contributed by atoms with Gasteiger partial charge in [0.15, 0.2) is 6.29 Å². The van der Waals surface area contributed by atoms with Gasteiger partial charge in [0.1, 0.15) is 18.6 Å². The Kier molecular flexibility index (Phi) is 8.71. The Bertz CT molecular complexity index is 469. The molecule has 0 saturated carbocycles. The molecule has 0 unspecified atom stereocenters. The zero-order valence-electron chi connectivity index (χ0n) is 14.3. The summed E-state index contributed by atoms with van der Waals surface area (Å²) in [7, 11) is 4.89. The summed E-state index contributed by atoms with van der Waals surface area (Å²) >= 11 is 2.29. The Morgan fingerprint density at radius 3 is 2.42 bits per heavy atom. The van der Waals surface area contributed by atoms with E-state index in [1.165, 1.54) is 0 Å². The van der Waals surface area contributed by atoms with Crippen molar-refractivity contribution >= 4 is 22.6 Å². The highest BCUT2D eigenvalue weighted by atomic mass is 127. The Labute approximate surface area is 156 Å². The number of alkyl halides is 1. The molecule has 0 bridgehead atoms. The fourth-order valence-electron chi connectivity index (χ4n) is 2.58. The number of hydrogen-bond donors (Lipinski definition) is 0. The number of rotatable bonds is 9. The molecule has 4 atom stereocenters. The van der Waals surface area contributed by atoms with Crippen molar-refractivity contribution in [3.8, 4) is 5.75 Å². The molecule has 1 heterocycles. The number of methoxy groups -OCH3 is 3. The molecule has 136 valence electrons. The second kappa shape index (κ2) is 10.5. The van der Waals surface area contributed by atoms with E-state index in [1.54, 1.807) is 21.3 Å². The van der Waals surface area contributed by atoms with Crippen LogP contribution in [0, 0.1) is 0 Å². The maximum Gasteiger partial charge on any atom is 0.183 e. The monoisotopic (exact) mass is 452 g/mol. The lowest BCUT2D eigenvalue weighted by molar-refractivity contribution is -0.276. The summed E-state index contributed by atoms with van der Waals surface area (Å²) in [5.74, 6) is 0.826. The topological polar surface area (TPSA) is 55.4 Å². The van der Waals surface area contributed by atoms with Gasteiger partial charge in [-0.15, -0.1) is 0 Å². The lowest BCUT2D eigenvalue weighted by Gasteiger charge is -2.39. The first-order valence-electron chi connectivity index (χ1n) is 7.81. The van der Waals surface area contributed by atoms with Crippen LogP contribution in [0.4, 0.5) is 0 Å². The van der Waals surface area contributed by atoms with Crippen LogP contribution in [0.3, 0.4) is 0 Å². The van der Waals surface area contributed by atoms with Crippen molar-refractivity contribution in [3.05, 3.63) is 29.8 Å². The van der Waals surface area contributed by atoms with Gasteiger partial charge in [0.05, 0.1) is 25.9 Å². The molecule has 1 aromatic carbocycles. The van der Waals surface area contributed by atoms with E-state index < -0.39 is 6.29 Å². The van der Waals surface area contributed by atoms with Crippen LogP contribution in [0.5, 0.6) is 5.75 Å². The SMILES string of the molecule is COCO[C@H]1C[C@H](OCc2ccc(OC)cc2)[C@@H](OC)O[C@@H]1CI. The van der Waals surface area contributed by atoms with Crippen molar-refractivity contribution in [2.45, 2.75) is 37.6 Å². The van der Waals surface area contributed by atoms with E-state index in [0.29, 0.717) is 13.0 Å². The summed E-state index contributed by atoms with van der Waals surface area (Å²) in [6, 6.07) is 7.80. The standard InChI is InChI=1S/C17H25IO6/c1-19-11-23-14-8-15(17(21-3)24-16(14)9-18)22-10-12-4-6-13(20-2)7-5-12/h4-7,14-17H,8-11H2,1-3H3/t14-,15-,16+,17-/m0/s1. The molecule has 6 nitrogen and oxygen atoms in total. The van der Waals surface area contributed by atoms with E-state index in [-0.39, 0.29) is 25.1 Å². The van der Waals surface area contributed by atoms with Crippen molar-refractivity contribution in [1.82, 2.24) is 0 Å². The van der Waals surface area contributed by atoms with Gasteiger partial charge >= 0.3 is 0 Å². The fourth-order valence-corrected chi connectivity index (χ4v) is 3.36. The van der Waals surface area contributed by atoms with Crippen LogP contribution in [-0.2, 0) is 30.3 Å². The van der Waals surface area contributed by atoms with Gasteiger partial charge in [-0.25, -0.2) is 0 Å². The van der Waals surface area contributed by atoms with E-state index in [4.69, 9.17) is 28.4 Å². The summed E-state index contributed by atoms with van der Waals surface area (Å²) in [5, 5.41) is 0. The molecule has 1 aromatic rings. The Hall–Kier alpha value is -0.450. The Morgan fingerprint density at radius 2 is 1.83 bits per heavy atom. The average molecular weight is 452 g/mol. The van der Waals surface area contributed by atoms with Crippen molar-refractivity contribution in [2.24, 2.45) is 0 Å². The van der Waals surface area contributed by atoms with Gasteiger partial charge in [0, 0.05) is 25.1 Å². The third kappa shape index (κ3) is 5.53. The Balaban J connectivity index is 1.94. The van der Waals surface area contributed by atoms with Crippen molar-refractivity contribution in [3.63, 3.8) is 0 Å². The van der Waals surface area contributed by atoms with Crippen LogP contribution in [-0.4, -0.2) is 57.2 Å². The molecule has 0 spiro atoms. The van der Waals surface area contributed by atoms with E-state index in [0.717, 1.165) is 15.7 Å². The zero-order chi connectivity index (χ0) is 17.4. The van der Waals surface area contributed by atoms with Gasteiger partial charge in [0.25, 0.3) is 0 Å². The van der Waals surface area contributed by atoms with Crippen LogP contribution in [0.2, 0.25) is 0 Å². The van der Waals surface area contributed by atoms with Crippen molar-refractivity contribution in [1.29, 1.82) is 0 Å². The molecule has 0 amide bonds. The maximum atomic E-state index is 6.03. The highest BCUT2D eigenvalue weighted by molar-refractivity contribution is 14.1. The summed E-state index contributed by atoms with van der Waals surface area (Å²) in [6.45, 7) is 0.716. The van der Waals surface area contributed by atoms with Gasteiger partial charge in [-0.2, -0.15) is 0 Å². The first kappa shape index (κ1) is 19.9. The third-order valence-electron chi connectivity index (χ3n) is 3.90. The Morgan fingerprint density at radius 1 is 1.08 bits per heavy atom. The second-order valence-corrected chi connectivity index (χ2v) is 6.36. The summed E-state index contributed by atoms with van der Waals surface area (Å²) in [5.41, 5.74) is 1.07. The quantitative estimate of drug-likeness (QED) is 0.327. The number of halogens is 1. The van der Waals surface area contributed by atoms with E-state index in [9.17, 15) is 0 Å². The molecule has 0 radical (unpaired) electrons. The molecule has 24 heavy (non-hydrogen) atoms. The van der Waals surface area contributed by atoms with E-state index >= 15 is 0 Å². The number of benzene rings is 1. The van der Waals surface area contributed by atoms with Gasteiger partial charge in [-0.3, -0.25) is 0 Å². The third-order valence-corrected chi connectivity index (χ3v) is 4.77. The van der Waals surface area contributed by atoms with Gasteiger partial charge < -0.3 is 28.4 Å². The predicted molar refractivity (Wildman–Crippen MR) is 97.5 cm³/mol. The van der Waals surface area contributed by atoms with Gasteiger partial charge in [-0.05, 0) is 17.7 Å². The van der Waals surface area contributed by atoms with Crippen LogP contribution in [0.25, 0.3) is 0 Å². The van der Waals surface area contributed by atoms with Gasteiger partial charge in [-0.1, -0.05) is 34.7 Å². The highest BCUT2D eigenvalue weighted by Crippen LogP contribution is 2.27. The summed E-state index contributed by atoms with van der Waals surface area (Å²) < 4.78 is 34.2. The maximum absolute atomic E-state index is 6.03. The lowest BCUT2D eigenvalue weighted by Crippen LogP contribution is -2.50. The molecule has 1 saturated heterocycles. The largest absolute Gasteiger partial charge is 0.497 e. The first-order valence-corrected chi connectivity index (χ1v) is 9.33. The number of hydrogen-bond acceptors (Lipinski definition) is 6. The van der Waals surface area contributed by atoms with Crippen molar-refractivity contribution < 1.29 is 28.4 Å². The molecule has 0 aliphatic carbocycles. The average Bonchev–Trinajstić information content (AvgIpc) is 2.64. The first-order chi connectivity index (χ1) is 11.7. The van der Waals surface area contributed by atoms with E-state index in [2.05, 4.69) is 22.6 Å². The minimum Gasteiger partial charge on any atom is -0.497 e. The minimum atomic E-state index is -0.398. The van der Waals surface area contributed by atoms with Crippen LogP contribution in [0.1, 0.15) is 12.0 Å². The lowest BCUT2D eigenvalue weighted by atomic mass is 10.0. The van der Waals surface area contributed by atoms with Crippen LogP contribution < -0.4 is 4.74 Å². The molecule has 1 aliphatic rings. The smallest absolute Gasteiger partial charge is 0.183 e. The number of ether oxygens (including phenoxy) is 6. The summed E-state index contributed by atoms with van der Waals surface area (Å²) in [4.78, 5) is 0. The molecule has 0 aromatic heterocycles. The molecule has 2 rings (SSSR count). The minimum absolute atomic E-state index is 0.0356. The van der Waals surface area contributed by atoms with Crippen LogP contribution in [0.15, 0.2) is 24.3 Å². The normalized spacial score (nSPS) is 27.2. The van der Waals surface area contributed by atoms with Crippen molar-refractivity contribution in [2.75, 3.05) is 32.5 Å². The predicted octanol–water partition coefficient (Wildman–Crippen LogP) is 2.77. The highest BCUT2D eigenvalue weighted by Gasteiger charge is 2.39. The summed E-state index contributed by atoms with van der Waals surface area (Å²) in [6.07, 6.45) is -0.00434. The van der Waals surface area contributed by atoms with Crippen LogP contribution >= 0.6 is 22.6 Å². The molecular formula is C17H25IO6. The molecule has 0 N–H and O–H groups in total.